The van der Waals surface area contributed by atoms with E-state index in [0.717, 1.165) is 24.2 Å². The molecule has 0 aliphatic heterocycles. The SMILES string of the molecule is CCOCC[N+](C)(C)C.O=S(=O)(O)C(F)(F)F. The quantitative estimate of drug-likeness (QED) is 0.363. The summed E-state index contributed by atoms with van der Waals surface area (Å²) in [5.41, 5.74) is -5.53. The van der Waals surface area contributed by atoms with E-state index < -0.39 is 15.6 Å². The Morgan fingerprint density at radius 1 is 1.24 bits per heavy atom. The molecule has 0 amide bonds. The van der Waals surface area contributed by atoms with Gasteiger partial charge in [-0.05, 0) is 6.92 Å². The van der Waals surface area contributed by atoms with Gasteiger partial charge in [0.15, 0.2) is 0 Å². The fourth-order valence-corrected chi connectivity index (χ4v) is 0.483. The minimum atomic E-state index is -5.84. The van der Waals surface area contributed by atoms with Gasteiger partial charge in [0.2, 0.25) is 0 Å². The molecule has 0 aromatic rings. The van der Waals surface area contributed by atoms with E-state index in [4.69, 9.17) is 17.7 Å². The molecule has 9 heteroatoms. The van der Waals surface area contributed by atoms with Gasteiger partial charge in [-0.25, -0.2) is 0 Å². The fourth-order valence-electron chi connectivity index (χ4n) is 0.483. The molecular weight excluding hydrogens is 263 g/mol. The molecule has 0 saturated heterocycles. The van der Waals surface area contributed by atoms with Gasteiger partial charge in [0.1, 0.15) is 6.54 Å². The van der Waals surface area contributed by atoms with E-state index in [-0.39, 0.29) is 0 Å². The standard InChI is InChI=1S/C7H18NO.CHF3O3S/c1-5-9-7-6-8(2,3)4;2-1(3,4)8(5,6)7/h5-7H2,1-4H3;(H,5,6,7)/q+1;. The summed E-state index contributed by atoms with van der Waals surface area (Å²) in [5.74, 6) is 0. The topological polar surface area (TPSA) is 63.6 Å². The van der Waals surface area contributed by atoms with E-state index in [1.807, 2.05) is 6.92 Å². The Morgan fingerprint density at radius 2 is 1.59 bits per heavy atom. The molecule has 0 saturated carbocycles. The van der Waals surface area contributed by atoms with Crippen molar-refractivity contribution >= 4 is 10.1 Å². The van der Waals surface area contributed by atoms with Crippen molar-refractivity contribution in [3.63, 3.8) is 0 Å². The molecule has 0 aromatic carbocycles. The lowest BCUT2D eigenvalue weighted by molar-refractivity contribution is -0.870. The fraction of sp³-hybridized carbons (Fsp3) is 1.00. The Hall–Kier alpha value is -0.380. The van der Waals surface area contributed by atoms with Crippen molar-refractivity contribution in [2.75, 3.05) is 40.9 Å². The predicted molar refractivity (Wildman–Crippen MR) is 57.0 cm³/mol. The molecular formula is C8H19F3NO4S+. The number of hydrogen-bond donors (Lipinski definition) is 1. The van der Waals surface area contributed by atoms with Crippen LogP contribution in [0, 0.1) is 0 Å². The highest BCUT2D eigenvalue weighted by Gasteiger charge is 2.44. The summed E-state index contributed by atoms with van der Waals surface area (Å²) in [7, 11) is 0.657. The highest BCUT2D eigenvalue weighted by Crippen LogP contribution is 2.20. The van der Waals surface area contributed by atoms with Crippen molar-refractivity contribution in [3.05, 3.63) is 0 Å². The molecule has 0 aliphatic rings. The molecule has 0 rings (SSSR count). The maximum absolute atomic E-state index is 10.7. The minimum Gasteiger partial charge on any atom is -0.376 e. The maximum Gasteiger partial charge on any atom is 0.522 e. The van der Waals surface area contributed by atoms with Gasteiger partial charge in [0.05, 0.1) is 27.7 Å². The molecule has 17 heavy (non-hydrogen) atoms. The molecule has 0 atom stereocenters. The molecule has 0 heterocycles. The van der Waals surface area contributed by atoms with Crippen molar-refractivity contribution in [1.29, 1.82) is 0 Å². The highest BCUT2D eigenvalue weighted by molar-refractivity contribution is 7.86. The van der Waals surface area contributed by atoms with Crippen LogP contribution in [0.3, 0.4) is 0 Å². The number of alkyl halides is 3. The number of ether oxygens (including phenoxy) is 1. The molecule has 0 aromatic heterocycles. The Balaban J connectivity index is 0. The molecule has 1 N–H and O–H groups in total. The van der Waals surface area contributed by atoms with Gasteiger partial charge in [-0.1, -0.05) is 0 Å². The third-order valence-electron chi connectivity index (χ3n) is 1.40. The average molecular weight is 282 g/mol. The summed E-state index contributed by atoms with van der Waals surface area (Å²) in [6, 6.07) is 0. The zero-order valence-corrected chi connectivity index (χ0v) is 11.1. The van der Waals surface area contributed by atoms with Gasteiger partial charge in [0.25, 0.3) is 0 Å². The second-order valence-corrected chi connectivity index (χ2v) is 5.54. The monoisotopic (exact) mass is 282 g/mol. The van der Waals surface area contributed by atoms with E-state index >= 15 is 0 Å². The summed E-state index contributed by atoms with van der Waals surface area (Å²) in [6.45, 7) is 4.82. The van der Waals surface area contributed by atoms with Gasteiger partial charge < -0.3 is 9.22 Å². The second kappa shape index (κ2) is 7.14. The van der Waals surface area contributed by atoms with Gasteiger partial charge in [-0.15, -0.1) is 0 Å². The first kappa shape index (κ1) is 19.0. The van der Waals surface area contributed by atoms with Crippen molar-refractivity contribution < 1.29 is 35.4 Å². The lowest BCUT2D eigenvalue weighted by atomic mass is 10.5. The minimum absolute atomic E-state index is 0.833. The Morgan fingerprint density at radius 3 is 1.76 bits per heavy atom. The van der Waals surface area contributed by atoms with Crippen LogP contribution in [0.1, 0.15) is 6.92 Å². The number of rotatable bonds is 4. The van der Waals surface area contributed by atoms with Gasteiger partial charge in [-0.3, -0.25) is 4.55 Å². The summed E-state index contributed by atoms with van der Waals surface area (Å²) < 4.78 is 63.7. The van der Waals surface area contributed by atoms with Crippen molar-refractivity contribution in [2.24, 2.45) is 0 Å². The first-order valence-corrected chi connectivity index (χ1v) is 6.17. The largest absolute Gasteiger partial charge is 0.522 e. The van der Waals surface area contributed by atoms with Gasteiger partial charge >= 0.3 is 15.6 Å². The normalized spacial score (nSPS) is 12.9. The van der Waals surface area contributed by atoms with E-state index in [1.165, 1.54) is 0 Å². The number of hydrogen-bond acceptors (Lipinski definition) is 3. The van der Waals surface area contributed by atoms with Crippen LogP contribution in [0.2, 0.25) is 0 Å². The third kappa shape index (κ3) is 13.6. The summed E-state index contributed by atoms with van der Waals surface area (Å²) in [5, 5.41) is 0. The van der Waals surface area contributed by atoms with Crippen LogP contribution in [0.15, 0.2) is 0 Å². The predicted octanol–water partition coefficient (Wildman–Crippen LogP) is 1.12. The molecule has 0 radical (unpaired) electrons. The molecule has 0 aliphatic carbocycles. The van der Waals surface area contributed by atoms with Gasteiger partial charge in [0, 0.05) is 6.61 Å². The van der Waals surface area contributed by atoms with Crippen LogP contribution < -0.4 is 0 Å². The van der Waals surface area contributed by atoms with Crippen LogP contribution in [-0.4, -0.2) is 63.9 Å². The van der Waals surface area contributed by atoms with Crippen molar-refractivity contribution in [1.82, 2.24) is 0 Å². The van der Waals surface area contributed by atoms with Crippen molar-refractivity contribution in [3.8, 4) is 0 Å². The highest BCUT2D eigenvalue weighted by atomic mass is 32.2. The first-order chi connectivity index (χ1) is 7.31. The number of likely N-dealkylation sites (N-methyl/N-ethyl adjacent to an activating group) is 1. The summed E-state index contributed by atoms with van der Waals surface area (Å²) >= 11 is 0. The Bertz CT molecular complexity index is 295. The van der Waals surface area contributed by atoms with Crippen LogP contribution in [0.25, 0.3) is 0 Å². The zero-order valence-electron chi connectivity index (χ0n) is 10.3. The molecule has 0 bridgehead atoms. The maximum atomic E-state index is 10.7. The molecule has 0 fully saturated rings. The molecule has 0 unspecified atom stereocenters. The van der Waals surface area contributed by atoms with E-state index in [0.29, 0.717) is 0 Å². The average Bonchev–Trinajstić information content (AvgIpc) is 1.99. The molecule has 0 spiro atoms. The third-order valence-corrected chi connectivity index (χ3v) is 1.99. The lowest BCUT2D eigenvalue weighted by Crippen LogP contribution is -2.37. The second-order valence-electron chi connectivity index (χ2n) is 4.13. The first-order valence-electron chi connectivity index (χ1n) is 4.73. The molecule has 5 nitrogen and oxygen atoms in total. The summed E-state index contributed by atoms with van der Waals surface area (Å²) in [4.78, 5) is 0. The number of quaternary nitrogens is 1. The number of nitrogens with zero attached hydrogens (tertiary/aromatic N) is 1. The van der Waals surface area contributed by atoms with Crippen molar-refractivity contribution in [2.45, 2.75) is 12.4 Å². The van der Waals surface area contributed by atoms with E-state index in [2.05, 4.69) is 21.1 Å². The van der Waals surface area contributed by atoms with Crippen LogP contribution >= 0.6 is 0 Å². The smallest absolute Gasteiger partial charge is 0.376 e. The van der Waals surface area contributed by atoms with E-state index in [9.17, 15) is 13.2 Å². The Labute approximate surface area is 99.5 Å². The van der Waals surface area contributed by atoms with Gasteiger partial charge in [-0.2, -0.15) is 21.6 Å². The number of halogens is 3. The summed E-state index contributed by atoms with van der Waals surface area (Å²) in [6.07, 6.45) is 0. The van der Waals surface area contributed by atoms with E-state index in [1.54, 1.807) is 0 Å². The van der Waals surface area contributed by atoms with Crippen LogP contribution in [0.5, 0.6) is 0 Å². The Kier molecular flexibility index (Phi) is 7.97. The lowest BCUT2D eigenvalue weighted by Gasteiger charge is -2.23. The van der Waals surface area contributed by atoms with Crippen LogP contribution in [-0.2, 0) is 14.9 Å². The van der Waals surface area contributed by atoms with Crippen LogP contribution in [0.4, 0.5) is 13.2 Å². The zero-order chi connectivity index (χ0) is 14.3. The molecule has 106 valence electrons.